The van der Waals surface area contributed by atoms with Crippen LogP contribution in [-0.2, 0) is 0 Å². The van der Waals surface area contributed by atoms with Crippen molar-refractivity contribution in [3.63, 3.8) is 0 Å². The number of pyridine rings is 1. The Morgan fingerprint density at radius 3 is 2.61 bits per heavy atom. The largest absolute Gasteiger partial charge is 0.471 e. The molecule has 1 heterocycles. The van der Waals surface area contributed by atoms with Crippen molar-refractivity contribution in [3.05, 3.63) is 23.9 Å². The summed E-state index contributed by atoms with van der Waals surface area (Å²) in [5.74, 6) is -4.97. The Morgan fingerprint density at radius 1 is 1.43 bits per heavy atom. The van der Waals surface area contributed by atoms with E-state index in [1.54, 1.807) is 0 Å². The highest BCUT2D eigenvalue weighted by Gasteiger charge is 2.42. The number of aliphatic hydroxyl groups is 1. The fourth-order valence-corrected chi connectivity index (χ4v) is 1.77. The number of rotatable bonds is 8. The Balaban J connectivity index is 1.85. The predicted molar refractivity (Wildman–Crippen MR) is 71.8 cm³/mol. The lowest BCUT2D eigenvalue weighted by atomic mass is 10.1. The van der Waals surface area contributed by atoms with Crippen LogP contribution in [0.3, 0.4) is 0 Å². The Kier molecular flexibility index (Phi) is 5.08. The molecule has 9 heteroatoms. The number of carbonyl (C=O) groups excluding carboxylic acids is 1. The Labute approximate surface area is 129 Å². The summed E-state index contributed by atoms with van der Waals surface area (Å²) in [6.07, 6.45) is -1.04. The van der Waals surface area contributed by atoms with Gasteiger partial charge in [0.05, 0.1) is 12.2 Å². The van der Waals surface area contributed by atoms with Gasteiger partial charge in [-0.15, -0.1) is 0 Å². The van der Waals surface area contributed by atoms with Gasteiger partial charge >= 0.3 is 12.3 Å². The highest BCUT2D eigenvalue weighted by molar-refractivity contribution is 5.93. The molecule has 1 amide bonds. The lowest BCUT2D eigenvalue weighted by Crippen LogP contribution is -2.34. The molecule has 1 aromatic rings. The Hall–Kier alpha value is -1.90. The fourth-order valence-electron chi connectivity index (χ4n) is 1.77. The second-order valence-corrected chi connectivity index (χ2v) is 5.58. The maximum Gasteiger partial charge on any atom is 0.340 e. The van der Waals surface area contributed by atoms with Crippen molar-refractivity contribution >= 4 is 5.91 Å². The van der Waals surface area contributed by atoms with Crippen molar-refractivity contribution in [1.29, 1.82) is 0 Å². The van der Waals surface area contributed by atoms with Crippen LogP contribution in [0.4, 0.5) is 17.6 Å². The van der Waals surface area contributed by atoms with E-state index in [1.807, 2.05) is 0 Å². The molecule has 128 valence electrons. The summed E-state index contributed by atoms with van der Waals surface area (Å²) in [7, 11) is 0. The van der Waals surface area contributed by atoms with Crippen molar-refractivity contribution < 1.29 is 32.2 Å². The lowest BCUT2D eigenvalue weighted by Gasteiger charge is -2.15. The molecule has 0 saturated heterocycles. The Morgan fingerprint density at radius 2 is 2.13 bits per heavy atom. The summed E-state index contributed by atoms with van der Waals surface area (Å²) in [5.41, 5.74) is -0.0702. The van der Waals surface area contributed by atoms with Crippen molar-refractivity contribution in [2.45, 2.75) is 25.2 Å². The number of ether oxygens (including phenoxy) is 1. The average molecular weight is 336 g/mol. The fraction of sp³-hybridized carbons (Fsp3) is 0.571. The molecule has 5 nitrogen and oxygen atoms in total. The molecule has 1 aliphatic carbocycles. The zero-order chi connectivity index (χ0) is 17.1. The van der Waals surface area contributed by atoms with Crippen LogP contribution in [0.1, 0.15) is 23.2 Å². The molecule has 0 aliphatic heterocycles. The van der Waals surface area contributed by atoms with Crippen molar-refractivity contribution in [1.82, 2.24) is 10.3 Å². The van der Waals surface area contributed by atoms with Crippen LogP contribution in [0, 0.1) is 5.41 Å². The van der Waals surface area contributed by atoms with Gasteiger partial charge in [-0.3, -0.25) is 4.79 Å². The van der Waals surface area contributed by atoms with Crippen LogP contribution < -0.4 is 10.1 Å². The molecule has 0 atom stereocenters. The van der Waals surface area contributed by atoms with Gasteiger partial charge in [0.25, 0.3) is 5.91 Å². The van der Waals surface area contributed by atoms with E-state index in [0.717, 1.165) is 25.1 Å². The van der Waals surface area contributed by atoms with E-state index >= 15 is 0 Å². The number of alkyl halides is 4. The minimum atomic E-state index is -4.26. The number of aliphatic hydroxyl groups excluding tert-OH is 1. The summed E-state index contributed by atoms with van der Waals surface area (Å²) in [5, 5.41) is 11.8. The van der Waals surface area contributed by atoms with Crippen LogP contribution in [0.5, 0.6) is 5.88 Å². The van der Waals surface area contributed by atoms with E-state index in [2.05, 4.69) is 15.0 Å². The standard InChI is InChI=1S/C14H16F4N2O3/c15-12(16)14(17,18)8-23-10-2-1-9(5-19-10)11(22)20-6-13(7-21)3-4-13/h1-2,5,12,21H,3-4,6-8H2,(H,20,22). The van der Waals surface area contributed by atoms with Gasteiger partial charge < -0.3 is 15.2 Å². The third kappa shape index (κ3) is 4.54. The summed E-state index contributed by atoms with van der Waals surface area (Å²) >= 11 is 0. The molecule has 0 aromatic carbocycles. The van der Waals surface area contributed by atoms with E-state index in [4.69, 9.17) is 5.11 Å². The van der Waals surface area contributed by atoms with Crippen LogP contribution in [-0.4, -0.2) is 48.1 Å². The van der Waals surface area contributed by atoms with E-state index in [0.29, 0.717) is 6.54 Å². The molecule has 1 aromatic heterocycles. The van der Waals surface area contributed by atoms with Crippen molar-refractivity contribution in [2.75, 3.05) is 19.8 Å². The number of nitrogens with zero attached hydrogens (tertiary/aromatic N) is 1. The summed E-state index contributed by atoms with van der Waals surface area (Å²) in [4.78, 5) is 15.5. The first-order valence-electron chi connectivity index (χ1n) is 6.92. The quantitative estimate of drug-likeness (QED) is 0.711. The first-order chi connectivity index (χ1) is 10.8. The molecule has 0 spiro atoms. The maximum absolute atomic E-state index is 12.7. The lowest BCUT2D eigenvalue weighted by molar-refractivity contribution is -0.148. The average Bonchev–Trinajstić information content (AvgIpc) is 3.32. The Bertz CT molecular complexity index is 547. The third-order valence-corrected chi connectivity index (χ3v) is 3.65. The van der Waals surface area contributed by atoms with E-state index in [9.17, 15) is 22.4 Å². The molecule has 1 fully saturated rings. The number of amides is 1. The molecule has 23 heavy (non-hydrogen) atoms. The molecule has 1 aliphatic rings. The summed E-state index contributed by atoms with van der Waals surface area (Å²) in [6.45, 7) is -1.17. The molecule has 0 bridgehead atoms. The van der Waals surface area contributed by atoms with Crippen LogP contribution in [0.25, 0.3) is 0 Å². The number of aromatic nitrogens is 1. The first kappa shape index (κ1) is 17.5. The van der Waals surface area contributed by atoms with E-state index < -0.39 is 24.9 Å². The molecular formula is C14H16F4N2O3. The number of halogens is 4. The van der Waals surface area contributed by atoms with Gasteiger partial charge in [-0.25, -0.2) is 13.8 Å². The normalized spacial score (nSPS) is 16.3. The van der Waals surface area contributed by atoms with Crippen molar-refractivity contribution in [3.8, 4) is 5.88 Å². The van der Waals surface area contributed by atoms with Gasteiger partial charge in [0, 0.05) is 24.2 Å². The highest BCUT2D eigenvalue weighted by atomic mass is 19.3. The number of hydrogen-bond donors (Lipinski definition) is 2. The smallest absolute Gasteiger partial charge is 0.340 e. The molecule has 0 unspecified atom stereocenters. The maximum atomic E-state index is 12.7. The van der Waals surface area contributed by atoms with E-state index in [1.165, 1.54) is 6.07 Å². The van der Waals surface area contributed by atoms with Crippen LogP contribution in [0.2, 0.25) is 0 Å². The van der Waals surface area contributed by atoms with Crippen molar-refractivity contribution in [2.24, 2.45) is 5.41 Å². The zero-order valence-electron chi connectivity index (χ0n) is 12.1. The van der Waals surface area contributed by atoms with Gasteiger partial charge in [-0.2, -0.15) is 8.78 Å². The van der Waals surface area contributed by atoms with Gasteiger partial charge in [0.15, 0.2) is 6.61 Å². The molecule has 2 N–H and O–H groups in total. The molecule has 1 saturated carbocycles. The van der Waals surface area contributed by atoms with Gasteiger partial charge in [0.2, 0.25) is 5.88 Å². The number of nitrogens with one attached hydrogen (secondary N) is 1. The van der Waals surface area contributed by atoms with Crippen LogP contribution in [0.15, 0.2) is 18.3 Å². The minimum Gasteiger partial charge on any atom is -0.471 e. The summed E-state index contributed by atoms with van der Waals surface area (Å²) in [6, 6.07) is 2.44. The van der Waals surface area contributed by atoms with Gasteiger partial charge in [0.1, 0.15) is 0 Å². The summed E-state index contributed by atoms with van der Waals surface area (Å²) < 4.78 is 53.9. The highest BCUT2D eigenvalue weighted by Crippen LogP contribution is 2.44. The number of carbonyl (C=O) groups is 1. The van der Waals surface area contributed by atoms with Gasteiger partial charge in [-0.05, 0) is 18.9 Å². The van der Waals surface area contributed by atoms with E-state index in [-0.39, 0.29) is 23.5 Å². The second kappa shape index (κ2) is 6.69. The minimum absolute atomic E-state index is 0.00332. The predicted octanol–water partition coefficient (Wildman–Crippen LogP) is 1.86. The number of hydrogen-bond acceptors (Lipinski definition) is 4. The molecule has 0 radical (unpaired) electrons. The third-order valence-electron chi connectivity index (χ3n) is 3.65. The SMILES string of the molecule is O=C(NCC1(CO)CC1)c1ccc(OCC(F)(F)C(F)F)nc1. The topological polar surface area (TPSA) is 71.5 Å². The monoisotopic (exact) mass is 336 g/mol. The van der Waals surface area contributed by atoms with Gasteiger partial charge in [-0.1, -0.05) is 0 Å². The van der Waals surface area contributed by atoms with Crippen LogP contribution >= 0.6 is 0 Å². The molecular weight excluding hydrogens is 320 g/mol. The zero-order valence-corrected chi connectivity index (χ0v) is 12.1. The molecule has 2 rings (SSSR count). The first-order valence-corrected chi connectivity index (χ1v) is 6.92. The second-order valence-electron chi connectivity index (χ2n) is 5.58.